The van der Waals surface area contributed by atoms with Gasteiger partial charge in [0.05, 0.1) is 0 Å². The van der Waals surface area contributed by atoms with Gasteiger partial charge >= 0.3 is 0 Å². The molecule has 0 amide bonds. The summed E-state index contributed by atoms with van der Waals surface area (Å²) in [6.07, 6.45) is 1.47. The van der Waals surface area contributed by atoms with Crippen molar-refractivity contribution in [1.82, 2.24) is 9.55 Å². The van der Waals surface area contributed by atoms with Gasteiger partial charge in [-0.05, 0) is 17.7 Å². The van der Waals surface area contributed by atoms with Gasteiger partial charge in [-0.15, -0.1) is 0 Å². The average molecular weight is 223 g/mol. The minimum Gasteiger partial charge on any atom is -0.326 e. The molecule has 0 fully saturated rings. The van der Waals surface area contributed by atoms with E-state index in [1.165, 1.54) is 6.33 Å². The highest BCUT2D eigenvalue weighted by molar-refractivity contribution is 5.45. The van der Waals surface area contributed by atoms with E-state index in [0.29, 0.717) is 6.54 Å². The van der Waals surface area contributed by atoms with E-state index in [1.54, 1.807) is 4.57 Å². The van der Waals surface area contributed by atoms with Crippen molar-refractivity contribution in [2.75, 3.05) is 0 Å². The molecule has 0 unspecified atom stereocenters. The third-order valence-electron chi connectivity index (χ3n) is 2.40. The molecule has 2 N–H and O–H groups in total. The number of imidazole rings is 1. The number of aromatic nitrogens is 2. The van der Waals surface area contributed by atoms with Gasteiger partial charge in [-0.3, -0.25) is 4.57 Å². The summed E-state index contributed by atoms with van der Waals surface area (Å²) in [7, 11) is 0. The normalized spacial score (nSPS) is 9.59. The molecule has 5 nitrogen and oxygen atoms in total. The van der Waals surface area contributed by atoms with Gasteiger partial charge in [-0.2, -0.15) is 10.5 Å². The van der Waals surface area contributed by atoms with Crippen molar-refractivity contribution >= 4 is 0 Å². The molecular weight excluding hydrogens is 214 g/mol. The summed E-state index contributed by atoms with van der Waals surface area (Å²) < 4.78 is 1.58. The minimum absolute atomic E-state index is 0.130. The SMILES string of the molecule is N#Cc1ncn(-c2cccc(CN)c2)c1C#N. The van der Waals surface area contributed by atoms with Crippen molar-refractivity contribution in [2.24, 2.45) is 5.73 Å². The van der Waals surface area contributed by atoms with Gasteiger partial charge in [0.25, 0.3) is 0 Å². The topological polar surface area (TPSA) is 91.4 Å². The van der Waals surface area contributed by atoms with E-state index in [9.17, 15) is 0 Å². The number of nitrogens with two attached hydrogens (primary N) is 1. The number of nitrogens with zero attached hydrogens (tertiary/aromatic N) is 4. The standard InChI is InChI=1S/C12H9N5/c13-5-9-2-1-3-10(4-9)17-8-16-11(6-14)12(17)7-15/h1-4,8H,5,13H2. The Morgan fingerprint density at radius 1 is 1.29 bits per heavy atom. The monoisotopic (exact) mass is 223 g/mol. The zero-order valence-corrected chi connectivity index (χ0v) is 8.96. The molecule has 0 spiro atoms. The predicted octanol–water partition coefficient (Wildman–Crippen LogP) is 1.07. The van der Waals surface area contributed by atoms with Crippen molar-refractivity contribution in [2.45, 2.75) is 6.54 Å². The number of benzene rings is 1. The lowest BCUT2D eigenvalue weighted by atomic mass is 10.2. The third-order valence-corrected chi connectivity index (χ3v) is 2.40. The zero-order chi connectivity index (χ0) is 12.3. The van der Waals surface area contributed by atoms with Crippen LogP contribution in [-0.4, -0.2) is 9.55 Å². The van der Waals surface area contributed by atoms with Crippen LogP contribution in [0, 0.1) is 22.7 Å². The Balaban J connectivity index is 2.58. The fourth-order valence-corrected chi connectivity index (χ4v) is 1.57. The summed E-state index contributed by atoms with van der Waals surface area (Å²) in [4.78, 5) is 3.89. The van der Waals surface area contributed by atoms with E-state index in [-0.39, 0.29) is 11.4 Å². The van der Waals surface area contributed by atoms with Crippen LogP contribution in [0.15, 0.2) is 30.6 Å². The summed E-state index contributed by atoms with van der Waals surface area (Å²) in [5, 5.41) is 17.8. The summed E-state index contributed by atoms with van der Waals surface area (Å²) in [5.41, 5.74) is 7.66. The molecule has 0 radical (unpaired) electrons. The highest BCUT2D eigenvalue weighted by Crippen LogP contribution is 2.15. The van der Waals surface area contributed by atoms with Gasteiger partial charge < -0.3 is 5.73 Å². The van der Waals surface area contributed by atoms with Crippen LogP contribution in [0.25, 0.3) is 5.69 Å². The number of nitriles is 2. The van der Waals surface area contributed by atoms with Crippen LogP contribution in [0.5, 0.6) is 0 Å². The highest BCUT2D eigenvalue weighted by Gasteiger charge is 2.11. The Kier molecular flexibility index (Phi) is 2.87. The smallest absolute Gasteiger partial charge is 0.177 e. The van der Waals surface area contributed by atoms with Gasteiger partial charge in [0.15, 0.2) is 11.4 Å². The van der Waals surface area contributed by atoms with Crippen molar-refractivity contribution in [1.29, 1.82) is 10.5 Å². The van der Waals surface area contributed by atoms with Crippen LogP contribution in [0.3, 0.4) is 0 Å². The lowest BCUT2D eigenvalue weighted by Gasteiger charge is -2.05. The largest absolute Gasteiger partial charge is 0.326 e. The van der Waals surface area contributed by atoms with E-state index in [1.807, 2.05) is 36.4 Å². The summed E-state index contributed by atoms with van der Waals surface area (Å²) >= 11 is 0. The van der Waals surface area contributed by atoms with Crippen LogP contribution in [0.4, 0.5) is 0 Å². The first-order chi connectivity index (χ1) is 8.30. The average Bonchev–Trinajstić information content (AvgIpc) is 2.81. The summed E-state index contributed by atoms with van der Waals surface area (Å²) in [5.74, 6) is 0. The fraction of sp³-hybridized carbons (Fsp3) is 0.0833. The molecule has 0 saturated carbocycles. The molecule has 1 heterocycles. The Morgan fingerprint density at radius 3 is 2.76 bits per heavy atom. The number of hydrogen-bond donors (Lipinski definition) is 1. The second kappa shape index (κ2) is 4.48. The van der Waals surface area contributed by atoms with Crippen LogP contribution in [0.1, 0.15) is 17.0 Å². The third kappa shape index (κ3) is 1.87. The Morgan fingerprint density at radius 2 is 2.12 bits per heavy atom. The molecule has 2 rings (SSSR count). The first-order valence-electron chi connectivity index (χ1n) is 4.97. The van der Waals surface area contributed by atoms with Crippen LogP contribution < -0.4 is 5.73 Å². The van der Waals surface area contributed by atoms with E-state index >= 15 is 0 Å². The Bertz CT molecular complexity index is 627. The van der Waals surface area contributed by atoms with E-state index in [0.717, 1.165) is 11.3 Å². The van der Waals surface area contributed by atoms with Gasteiger partial charge in [-0.25, -0.2) is 4.98 Å². The van der Waals surface area contributed by atoms with E-state index < -0.39 is 0 Å². The van der Waals surface area contributed by atoms with Crippen LogP contribution in [-0.2, 0) is 6.54 Å². The zero-order valence-electron chi connectivity index (χ0n) is 8.96. The lowest BCUT2D eigenvalue weighted by molar-refractivity contribution is 1.01. The summed E-state index contributed by atoms with van der Waals surface area (Å²) in [6, 6.07) is 11.3. The number of rotatable bonds is 2. The molecular formula is C12H9N5. The molecule has 5 heteroatoms. The maximum Gasteiger partial charge on any atom is 0.177 e. The molecule has 82 valence electrons. The van der Waals surface area contributed by atoms with Crippen LogP contribution >= 0.6 is 0 Å². The maximum atomic E-state index is 9.02. The molecule has 17 heavy (non-hydrogen) atoms. The molecule has 1 aromatic heterocycles. The van der Waals surface area contributed by atoms with Crippen molar-refractivity contribution in [3.63, 3.8) is 0 Å². The maximum absolute atomic E-state index is 9.02. The van der Waals surface area contributed by atoms with Crippen molar-refractivity contribution < 1.29 is 0 Å². The van der Waals surface area contributed by atoms with Gasteiger partial charge in [0.1, 0.15) is 18.5 Å². The van der Waals surface area contributed by atoms with Crippen molar-refractivity contribution in [3.05, 3.63) is 47.5 Å². The molecule has 0 aliphatic carbocycles. The van der Waals surface area contributed by atoms with E-state index in [4.69, 9.17) is 16.3 Å². The Hall–Kier alpha value is -2.63. The lowest BCUT2D eigenvalue weighted by Crippen LogP contribution is -2.00. The minimum atomic E-state index is 0.130. The molecule has 0 bridgehead atoms. The second-order valence-corrected chi connectivity index (χ2v) is 3.41. The molecule has 0 saturated heterocycles. The van der Waals surface area contributed by atoms with Crippen molar-refractivity contribution in [3.8, 4) is 17.8 Å². The van der Waals surface area contributed by atoms with Gasteiger partial charge in [0.2, 0.25) is 0 Å². The number of hydrogen-bond acceptors (Lipinski definition) is 4. The molecule has 2 aromatic rings. The first-order valence-corrected chi connectivity index (χ1v) is 4.97. The van der Waals surface area contributed by atoms with Gasteiger partial charge in [0, 0.05) is 12.2 Å². The molecule has 1 aromatic carbocycles. The second-order valence-electron chi connectivity index (χ2n) is 3.41. The molecule has 0 atom stereocenters. The fourth-order valence-electron chi connectivity index (χ4n) is 1.57. The van der Waals surface area contributed by atoms with Crippen LogP contribution in [0.2, 0.25) is 0 Å². The Labute approximate surface area is 98.3 Å². The highest BCUT2D eigenvalue weighted by atomic mass is 15.1. The molecule has 0 aliphatic rings. The predicted molar refractivity (Wildman–Crippen MR) is 60.9 cm³/mol. The first kappa shape index (κ1) is 10.9. The van der Waals surface area contributed by atoms with Gasteiger partial charge in [-0.1, -0.05) is 12.1 Å². The quantitative estimate of drug-likeness (QED) is 0.824. The summed E-state index contributed by atoms with van der Waals surface area (Å²) in [6.45, 7) is 0.426. The molecule has 0 aliphatic heterocycles. The van der Waals surface area contributed by atoms with E-state index in [2.05, 4.69) is 4.98 Å².